The van der Waals surface area contributed by atoms with Crippen LogP contribution in [0.15, 0.2) is 42.5 Å². The van der Waals surface area contributed by atoms with Crippen molar-refractivity contribution in [1.29, 1.82) is 0 Å². The number of hydrogen-bond acceptors (Lipinski definition) is 1. The van der Waals surface area contributed by atoms with Crippen molar-refractivity contribution in [3.8, 4) is 11.4 Å². The molecule has 0 fully saturated rings. The second kappa shape index (κ2) is 4.33. The molecule has 1 heterocycles. The van der Waals surface area contributed by atoms with E-state index in [0.29, 0.717) is 17.1 Å². The molecule has 102 valence electrons. The van der Waals surface area contributed by atoms with Crippen LogP contribution in [0.2, 0.25) is 0 Å². The lowest BCUT2D eigenvalue weighted by Crippen LogP contribution is -2.05. The SMILES string of the molecule is Fc1cc(C(F)(F)F)ccc1-c1nc2ccccc2[nH]1. The molecule has 6 heteroatoms. The smallest absolute Gasteiger partial charge is 0.338 e. The highest BCUT2D eigenvalue weighted by atomic mass is 19.4. The van der Waals surface area contributed by atoms with Crippen molar-refractivity contribution in [1.82, 2.24) is 9.97 Å². The largest absolute Gasteiger partial charge is 0.416 e. The number of H-pyrrole nitrogens is 1. The summed E-state index contributed by atoms with van der Waals surface area (Å²) in [5, 5.41) is 0. The molecule has 0 aliphatic carbocycles. The molecule has 1 aromatic heterocycles. The first kappa shape index (κ1) is 12.7. The molecule has 0 aliphatic rings. The normalized spacial score (nSPS) is 12.0. The van der Waals surface area contributed by atoms with E-state index in [0.717, 1.165) is 12.1 Å². The standard InChI is InChI=1S/C14H8F4N2/c15-10-7-8(14(16,17)18)5-6-9(10)13-19-11-3-1-2-4-12(11)20-13/h1-7H,(H,19,20). The Morgan fingerprint density at radius 3 is 2.40 bits per heavy atom. The molecule has 0 spiro atoms. The maximum Gasteiger partial charge on any atom is 0.416 e. The molecule has 0 radical (unpaired) electrons. The van der Waals surface area contributed by atoms with Crippen LogP contribution in [0.5, 0.6) is 0 Å². The summed E-state index contributed by atoms with van der Waals surface area (Å²) in [6.07, 6.45) is -4.56. The summed E-state index contributed by atoms with van der Waals surface area (Å²) in [5.41, 5.74) is 0.313. The Bertz CT molecular complexity index is 741. The minimum atomic E-state index is -4.56. The Morgan fingerprint density at radius 2 is 1.75 bits per heavy atom. The summed E-state index contributed by atoms with van der Waals surface area (Å²) in [4.78, 5) is 7.04. The zero-order chi connectivity index (χ0) is 14.3. The molecule has 2 nitrogen and oxygen atoms in total. The molecule has 0 unspecified atom stereocenters. The van der Waals surface area contributed by atoms with Gasteiger partial charge in [0.05, 0.1) is 22.2 Å². The van der Waals surface area contributed by atoms with E-state index < -0.39 is 17.6 Å². The van der Waals surface area contributed by atoms with Gasteiger partial charge in [0, 0.05) is 0 Å². The Hall–Kier alpha value is -2.37. The molecular weight excluding hydrogens is 272 g/mol. The first-order valence-corrected chi connectivity index (χ1v) is 5.77. The first-order valence-electron chi connectivity index (χ1n) is 5.77. The van der Waals surface area contributed by atoms with Gasteiger partial charge in [-0.25, -0.2) is 9.37 Å². The van der Waals surface area contributed by atoms with Gasteiger partial charge in [-0.2, -0.15) is 13.2 Å². The molecule has 0 amide bonds. The quantitative estimate of drug-likeness (QED) is 0.658. The lowest BCUT2D eigenvalue weighted by molar-refractivity contribution is -0.137. The third-order valence-electron chi connectivity index (χ3n) is 2.94. The summed E-state index contributed by atoms with van der Waals surface area (Å²) < 4.78 is 51.3. The number of nitrogens with one attached hydrogen (secondary N) is 1. The number of para-hydroxylation sites is 2. The average Bonchev–Trinajstić information content (AvgIpc) is 2.80. The van der Waals surface area contributed by atoms with E-state index in [1.165, 1.54) is 0 Å². The number of aromatic amines is 1. The third-order valence-corrected chi connectivity index (χ3v) is 2.94. The van der Waals surface area contributed by atoms with E-state index in [1.54, 1.807) is 24.3 Å². The fraction of sp³-hybridized carbons (Fsp3) is 0.0714. The molecule has 2 aromatic carbocycles. The van der Waals surface area contributed by atoms with Crippen LogP contribution in [-0.2, 0) is 6.18 Å². The number of alkyl halides is 3. The monoisotopic (exact) mass is 280 g/mol. The van der Waals surface area contributed by atoms with Crippen LogP contribution >= 0.6 is 0 Å². The molecule has 3 aromatic rings. The second-order valence-electron chi connectivity index (χ2n) is 4.29. The molecule has 3 rings (SSSR count). The number of nitrogens with zero attached hydrogens (tertiary/aromatic N) is 1. The molecule has 0 atom stereocenters. The van der Waals surface area contributed by atoms with Crippen molar-refractivity contribution in [2.45, 2.75) is 6.18 Å². The number of imidazole rings is 1. The van der Waals surface area contributed by atoms with Crippen LogP contribution in [-0.4, -0.2) is 9.97 Å². The third kappa shape index (κ3) is 2.13. The van der Waals surface area contributed by atoms with Crippen molar-refractivity contribution >= 4 is 11.0 Å². The highest BCUT2D eigenvalue weighted by Crippen LogP contribution is 2.32. The van der Waals surface area contributed by atoms with Crippen LogP contribution in [0.25, 0.3) is 22.4 Å². The van der Waals surface area contributed by atoms with Crippen molar-refractivity contribution < 1.29 is 17.6 Å². The summed E-state index contributed by atoms with van der Waals surface area (Å²) >= 11 is 0. The number of aromatic nitrogens is 2. The number of halogens is 4. The molecular formula is C14H8F4N2. The highest BCUT2D eigenvalue weighted by molar-refractivity contribution is 5.79. The minimum Gasteiger partial charge on any atom is -0.338 e. The summed E-state index contributed by atoms with van der Waals surface area (Å²) in [6, 6.07) is 9.44. The topological polar surface area (TPSA) is 28.7 Å². The molecule has 0 saturated heterocycles. The molecule has 0 saturated carbocycles. The molecule has 0 aliphatic heterocycles. The van der Waals surface area contributed by atoms with Crippen molar-refractivity contribution in [3.63, 3.8) is 0 Å². The maximum atomic E-state index is 13.8. The summed E-state index contributed by atoms with van der Waals surface area (Å²) in [6.45, 7) is 0. The van der Waals surface area contributed by atoms with Gasteiger partial charge in [0.2, 0.25) is 0 Å². The highest BCUT2D eigenvalue weighted by Gasteiger charge is 2.31. The van der Waals surface area contributed by atoms with Gasteiger partial charge in [-0.1, -0.05) is 12.1 Å². The molecule has 1 N–H and O–H groups in total. The van der Waals surface area contributed by atoms with Crippen LogP contribution < -0.4 is 0 Å². The van der Waals surface area contributed by atoms with Gasteiger partial charge in [0.15, 0.2) is 0 Å². The zero-order valence-electron chi connectivity index (χ0n) is 10.0. The fourth-order valence-electron chi connectivity index (χ4n) is 1.96. The Balaban J connectivity index is 2.10. The van der Waals surface area contributed by atoms with E-state index in [-0.39, 0.29) is 11.4 Å². The van der Waals surface area contributed by atoms with Gasteiger partial charge in [-0.05, 0) is 30.3 Å². The first-order chi connectivity index (χ1) is 9.45. The van der Waals surface area contributed by atoms with Crippen molar-refractivity contribution in [2.24, 2.45) is 0 Å². The summed E-state index contributed by atoms with van der Waals surface area (Å²) in [5.74, 6) is -0.753. The number of benzene rings is 2. The maximum absolute atomic E-state index is 13.8. The minimum absolute atomic E-state index is 0.00852. The van der Waals surface area contributed by atoms with Gasteiger partial charge >= 0.3 is 6.18 Å². The zero-order valence-corrected chi connectivity index (χ0v) is 10.0. The van der Waals surface area contributed by atoms with Crippen LogP contribution in [0, 0.1) is 5.82 Å². The number of hydrogen-bond donors (Lipinski definition) is 1. The Morgan fingerprint density at radius 1 is 1.00 bits per heavy atom. The van der Waals surface area contributed by atoms with Crippen LogP contribution in [0.4, 0.5) is 17.6 Å². The second-order valence-corrected chi connectivity index (χ2v) is 4.29. The van der Waals surface area contributed by atoms with Crippen molar-refractivity contribution in [2.75, 3.05) is 0 Å². The predicted molar refractivity (Wildman–Crippen MR) is 66.5 cm³/mol. The number of rotatable bonds is 1. The van der Waals surface area contributed by atoms with E-state index >= 15 is 0 Å². The van der Waals surface area contributed by atoms with Gasteiger partial charge < -0.3 is 4.98 Å². The lowest BCUT2D eigenvalue weighted by atomic mass is 10.1. The van der Waals surface area contributed by atoms with Gasteiger partial charge in [-0.3, -0.25) is 0 Å². The van der Waals surface area contributed by atoms with Crippen molar-refractivity contribution in [3.05, 3.63) is 53.8 Å². The average molecular weight is 280 g/mol. The Labute approximate surface area is 111 Å². The van der Waals surface area contributed by atoms with Crippen LogP contribution in [0.1, 0.15) is 5.56 Å². The Kier molecular flexibility index (Phi) is 2.74. The predicted octanol–water partition coefficient (Wildman–Crippen LogP) is 4.39. The molecule has 0 bridgehead atoms. The van der Waals surface area contributed by atoms with Crippen LogP contribution in [0.3, 0.4) is 0 Å². The summed E-state index contributed by atoms with van der Waals surface area (Å²) in [7, 11) is 0. The van der Waals surface area contributed by atoms with Gasteiger partial charge in [0.1, 0.15) is 11.6 Å². The molecule has 20 heavy (non-hydrogen) atoms. The lowest BCUT2D eigenvalue weighted by Gasteiger charge is -2.07. The van der Waals surface area contributed by atoms with E-state index in [4.69, 9.17) is 0 Å². The van der Waals surface area contributed by atoms with E-state index in [2.05, 4.69) is 9.97 Å². The fourth-order valence-corrected chi connectivity index (χ4v) is 1.96. The number of fused-ring (bicyclic) bond motifs is 1. The van der Waals surface area contributed by atoms with E-state index in [1.807, 2.05) is 0 Å². The van der Waals surface area contributed by atoms with E-state index in [9.17, 15) is 17.6 Å². The van der Waals surface area contributed by atoms with Gasteiger partial charge in [0.25, 0.3) is 0 Å². The van der Waals surface area contributed by atoms with Gasteiger partial charge in [-0.15, -0.1) is 0 Å².